The van der Waals surface area contributed by atoms with Crippen molar-refractivity contribution in [2.75, 3.05) is 45.2 Å². The molecule has 1 fully saturated rings. The van der Waals surface area contributed by atoms with Gasteiger partial charge in [-0.05, 0) is 54.5 Å². The van der Waals surface area contributed by atoms with Crippen LogP contribution in [0.4, 0.5) is 5.69 Å². The van der Waals surface area contributed by atoms with E-state index < -0.39 is 6.04 Å². The molecule has 0 bridgehead atoms. The molecule has 9 heteroatoms. The number of carbonyl (C=O) groups excluding carboxylic acids is 4. The van der Waals surface area contributed by atoms with Gasteiger partial charge in [-0.2, -0.15) is 11.3 Å². The Labute approximate surface area is 210 Å². The van der Waals surface area contributed by atoms with Crippen LogP contribution in [0.25, 0.3) is 0 Å². The topological polar surface area (TPSA) is 90.0 Å². The van der Waals surface area contributed by atoms with Gasteiger partial charge in [0.15, 0.2) is 5.78 Å². The summed E-state index contributed by atoms with van der Waals surface area (Å²) in [5.41, 5.74) is 2.03. The Bertz CT molecular complexity index is 1030. The predicted molar refractivity (Wildman–Crippen MR) is 138 cm³/mol. The normalized spacial score (nSPS) is 15.4. The first-order chi connectivity index (χ1) is 16.7. The summed E-state index contributed by atoms with van der Waals surface area (Å²) >= 11 is 1.44. The zero-order valence-corrected chi connectivity index (χ0v) is 21.6. The fourth-order valence-electron chi connectivity index (χ4n) is 4.08. The smallest absolute Gasteiger partial charge is 0.255 e. The van der Waals surface area contributed by atoms with Gasteiger partial charge in [-0.15, -0.1) is 0 Å². The molecule has 188 valence electrons. The number of anilines is 1. The van der Waals surface area contributed by atoms with Gasteiger partial charge in [-0.3, -0.25) is 19.2 Å². The third-order valence-electron chi connectivity index (χ3n) is 5.91. The molecule has 0 radical (unpaired) electrons. The second-order valence-corrected chi connectivity index (χ2v) is 10.3. The number of rotatable bonds is 7. The molecule has 2 aromatic rings. The molecule has 35 heavy (non-hydrogen) atoms. The fraction of sp³-hybridized carbons (Fsp3) is 0.462. The number of nitrogens with zero attached hydrogens (tertiary/aromatic N) is 3. The zero-order chi connectivity index (χ0) is 25.5. The highest BCUT2D eigenvalue weighted by Crippen LogP contribution is 2.16. The standard InChI is InChI=1S/C26H34N4O4S/c1-18(2)14-23(27-24(32)19-6-8-21(9-7-19)28(3)4)26(34)30-12-5-11-29(15-22(31)16-30)25(33)20-10-13-35-17-20/h6-10,13,17-18,23H,5,11-12,14-16H2,1-4H3,(H,27,32)/t23-/m0/s1. The van der Waals surface area contributed by atoms with Crippen molar-refractivity contribution in [2.24, 2.45) is 5.92 Å². The van der Waals surface area contributed by atoms with Crippen LogP contribution < -0.4 is 10.2 Å². The number of hydrogen-bond acceptors (Lipinski definition) is 6. The Kier molecular flexibility index (Phi) is 9.03. The van der Waals surface area contributed by atoms with Crippen molar-refractivity contribution in [3.05, 3.63) is 52.2 Å². The van der Waals surface area contributed by atoms with Gasteiger partial charge in [0.05, 0.1) is 18.7 Å². The minimum atomic E-state index is -0.730. The summed E-state index contributed by atoms with van der Waals surface area (Å²) in [5.74, 6) is -0.771. The van der Waals surface area contributed by atoms with Gasteiger partial charge in [-0.1, -0.05) is 13.8 Å². The van der Waals surface area contributed by atoms with Gasteiger partial charge >= 0.3 is 0 Å². The Morgan fingerprint density at radius 1 is 1.00 bits per heavy atom. The Hall–Kier alpha value is -3.20. The number of ketones is 1. The van der Waals surface area contributed by atoms with Gasteiger partial charge in [-0.25, -0.2) is 0 Å². The number of carbonyl (C=O) groups is 4. The molecule has 1 saturated heterocycles. The second kappa shape index (κ2) is 12.0. The fourth-order valence-corrected chi connectivity index (χ4v) is 4.71. The lowest BCUT2D eigenvalue weighted by Crippen LogP contribution is -2.53. The maximum absolute atomic E-state index is 13.4. The van der Waals surface area contributed by atoms with Crippen LogP contribution in [-0.2, 0) is 9.59 Å². The summed E-state index contributed by atoms with van der Waals surface area (Å²) in [6.07, 6.45) is 1.02. The van der Waals surface area contributed by atoms with Crippen molar-refractivity contribution >= 4 is 40.5 Å². The minimum absolute atomic E-state index is 0.0299. The monoisotopic (exact) mass is 498 g/mol. The zero-order valence-electron chi connectivity index (χ0n) is 20.8. The summed E-state index contributed by atoms with van der Waals surface area (Å²) in [5, 5.41) is 6.49. The van der Waals surface area contributed by atoms with Crippen molar-refractivity contribution in [3.8, 4) is 0 Å². The van der Waals surface area contributed by atoms with Gasteiger partial charge in [0, 0.05) is 43.8 Å². The molecule has 1 aliphatic heterocycles. The number of Topliss-reactive ketones (excluding diaryl/α,β-unsaturated/α-hetero) is 1. The minimum Gasteiger partial charge on any atom is -0.378 e. The molecule has 8 nitrogen and oxygen atoms in total. The predicted octanol–water partition coefficient (Wildman–Crippen LogP) is 2.90. The van der Waals surface area contributed by atoms with Gasteiger partial charge in [0.25, 0.3) is 11.8 Å². The maximum Gasteiger partial charge on any atom is 0.255 e. The lowest BCUT2D eigenvalue weighted by Gasteiger charge is -2.32. The van der Waals surface area contributed by atoms with Crippen LogP contribution in [-0.4, -0.2) is 79.6 Å². The summed E-state index contributed by atoms with van der Waals surface area (Å²) < 4.78 is 0. The number of hydrogen-bond donors (Lipinski definition) is 1. The quantitative estimate of drug-likeness (QED) is 0.634. The molecular weight excluding hydrogens is 464 g/mol. The molecule has 1 aromatic carbocycles. The molecule has 1 N–H and O–H groups in total. The van der Waals surface area contributed by atoms with Gasteiger partial charge < -0.3 is 20.0 Å². The van der Waals surface area contributed by atoms with E-state index in [4.69, 9.17) is 0 Å². The van der Waals surface area contributed by atoms with Crippen molar-refractivity contribution in [3.63, 3.8) is 0 Å². The lowest BCUT2D eigenvalue weighted by atomic mass is 10.0. The second-order valence-electron chi connectivity index (χ2n) is 9.49. The summed E-state index contributed by atoms with van der Waals surface area (Å²) in [7, 11) is 3.85. The highest BCUT2D eigenvalue weighted by atomic mass is 32.1. The van der Waals surface area contributed by atoms with Gasteiger partial charge in [0.2, 0.25) is 5.91 Å². The third-order valence-corrected chi connectivity index (χ3v) is 6.60. The van der Waals surface area contributed by atoms with Crippen LogP contribution in [0.2, 0.25) is 0 Å². The number of benzene rings is 1. The Morgan fingerprint density at radius 2 is 1.66 bits per heavy atom. The Balaban J connectivity index is 1.67. The van der Waals surface area contributed by atoms with Crippen LogP contribution in [0, 0.1) is 5.92 Å². The van der Waals surface area contributed by atoms with Crippen molar-refractivity contribution in [1.82, 2.24) is 15.1 Å². The van der Waals surface area contributed by atoms with E-state index in [9.17, 15) is 19.2 Å². The van der Waals surface area contributed by atoms with Crippen molar-refractivity contribution in [1.29, 1.82) is 0 Å². The average molecular weight is 499 g/mol. The molecular formula is C26H34N4O4S. The highest BCUT2D eigenvalue weighted by Gasteiger charge is 2.31. The average Bonchev–Trinajstić information content (AvgIpc) is 3.34. The Morgan fingerprint density at radius 3 is 2.26 bits per heavy atom. The van der Waals surface area contributed by atoms with Crippen molar-refractivity contribution < 1.29 is 19.2 Å². The first kappa shape index (κ1) is 26.4. The maximum atomic E-state index is 13.4. The summed E-state index contributed by atoms with van der Waals surface area (Å²) in [4.78, 5) is 56.8. The van der Waals surface area contributed by atoms with E-state index in [2.05, 4.69) is 5.32 Å². The summed E-state index contributed by atoms with van der Waals surface area (Å²) in [6, 6.07) is 8.20. The van der Waals surface area contributed by atoms with E-state index in [0.29, 0.717) is 37.1 Å². The molecule has 1 aromatic heterocycles. The molecule has 3 amide bonds. The van der Waals surface area contributed by atoms with E-state index in [1.54, 1.807) is 28.5 Å². The number of amides is 3. The highest BCUT2D eigenvalue weighted by molar-refractivity contribution is 7.08. The van der Waals surface area contributed by atoms with Crippen molar-refractivity contribution in [2.45, 2.75) is 32.7 Å². The molecule has 0 aliphatic carbocycles. The molecule has 0 saturated carbocycles. The van der Waals surface area contributed by atoms with E-state index in [1.165, 1.54) is 16.2 Å². The van der Waals surface area contributed by atoms with E-state index in [1.807, 2.05) is 50.4 Å². The summed E-state index contributed by atoms with van der Waals surface area (Å²) in [6.45, 7) is 4.62. The van der Waals surface area contributed by atoms with Crippen LogP contribution in [0.5, 0.6) is 0 Å². The van der Waals surface area contributed by atoms with Crippen LogP contribution in [0.1, 0.15) is 47.4 Å². The molecule has 3 rings (SSSR count). The van der Waals surface area contributed by atoms with E-state index in [-0.39, 0.29) is 42.5 Å². The van der Waals surface area contributed by atoms with Crippen LogP contribution in [0.3, 0.4) is 0 Å². The molecule has 0 unspecified atom stereocenters. The van der Waals surface area contributed by atoms with E-state index in [0.717, 1.165) is 5.69 Å². The van der Waals surface area contributed by atoms with E-state index >= 15 is 0 Å². The molecule has 0 spiro atoms. The number of nitrogens with one attached hydrogen (secondary N) is 1. The molecule has 1 aliphatic rings. The first-order valence-electron chi connectivity index (χ1n) is 11.9. The molecule has 2 heterocycles. The SMILES string of the molecule is CC(C)C[C@H](NC(=O)c1ccc(N(C)C)cc1)C(=O)N1CCCN(C(=O)c2ccsc2)CC(=O)C1. The lowest BCUT2D eigenvalue weighted by molar-refractivity contribution is -0.138. The largest absolute Gasteiger partial charge is 0.378 e. The van der Waals surface area contributed by atoms with Crippen LogP contribution >= 0.6 is 11.3 Å². The first-order valence-corrected chi connectivity index (χ1v) is 12.8. The third kappa shape index (κ3) is 7.14. The van der Waals surface area contributed by atoms with Gasteiger partial charge in [0.1, 0.15) is 6.04 Å². The molecule has 1 atom stereocenters. The number of thiophene rings is 1. The van der Waals surface area contributed by atoms with Crippen LogP contribution in [0.15, 0.2) is 41.1 Å².